The van der Waals surface area contributed by atoms with E-state index in [1.807, 2.05) is 11.7 Å². The number of nitrogens with one attached hydrogen (secondary N) is 1. The first-order valence-corrected chi connectivity index (χ1v) is 6.03. The van der Waals surface area contributed by atoms with Gasteiger partial charge in [0.1, 0.15) is 0 Å². The molecule has 7 heteroatoms. The van der Waals surface area contributed by atoms with Gasteiger partial charge in [-0.3, -0.25) is 4.90 Å². The Hall–Kier alpha value is -0.720. The van der Waals surface area contributed by atoms with E-state index >= 15 is 0 Å². The predicted octanol–water partition coefficient (Wildman–Crippen LogP) is 0.223. The topological polar surface area (TPSA) is 58.9 Å². The zero-order valence-electron chi connectivity index (χ0n) is 10.0. The van der Waals surface area contributed by atoms with Gasteiger partial charge < -0.3 is 5.32 Å². The third-order valence-corrected chi connectivity index (χ3v) is 3.50. The van der Waals surface area contributed by atoms with Crippen LogP contribution in [0.25, 0.3) is 0 Å². The lowest BCUT2D eigenvalue weighted by Crippen LogP contribution is -2.30. The highest BCUT2D eigenvalue weighted by Gasteiger charge is 2.29. The minimum atomic E-state index is 0. The molecule has 1 atom stereocenters. The number of hydrogen-bond acceptors (Lipinski definition) is 5. The number of likely N-dealkylation sites (N-methyl/N-ethyl adjacent to an activating group) is 1. The summed E-state index contributed by atoms with van der Waals surface area (Å²) in [5, 5.41) is 15.3. The standard InChI is InChI=1S/C10H18N6.ClH/c1-11-8-4-5-15(6-8)7-10-12-13-14-16(10)9-2-3-9;/h8-9,11H,2-7H2,1H3;1H. The number of hydrogen-bond donors (Lipinski definition) is 1. The van der Waals surface area contributed by atoms with E-state index in [0.717, 1.165) is 25.5 Å². The van der Waals surface area contributed by atoms with Gasteiger partial charge in [0.25, 0.3) is 0 Å². The van der Waals surface area contributed by atoms with E-state index < -0.39 is 0 Å². The second-order valence-corrected chi connectivity index (χ2v) is 4.78. The summed E-state index contributed by atoms with van der Waals surface area (Å²) >= 11 is 0. The van der Waals surface area contributed by atoms with Gasteiger partial charge >= 0.3 is 0 Å². The highest BCUT2D eigenvalue weighted by atomic mass is 35.5. The van der Waals surface area contributed by atoms with Gasteiger partial charge in [0.05, 0.1) is 12.6 Å². The number of tetrazole rings is 1. The third-order valence-electron chi connectivity index (χ3n) is 3.50. The lowest BCUT2D eigenvalue weighted by molar-refractivity contribution is 0.306. The Balaban J connectivity index is 0.00000108. The molecule has 6 nitrogen and oxygen atoms in total. The lowest BCUT2D eigenvalue weighted by Gasteiger charge is -2.14. The Morgan fingerprint density at radius 2 is 2.18 bits per heavy atom. The molecule has 1 saturated carbocycles. The fourth-order valence-corrected chi connectivity index (χ4v) is 2.33. The maximum atomic E-state index is 4.13. The summed E-state index contributed by atoms with van der Waals surface area (Å²) in [6, 6.07) is 1.21. The molecule has 3 rings (SSSR count). The van der Waals surface area contributed by atoms with Gasteiger partial charge in [0.2, 0.25) is 0 Å². The van der Waals surface area contributed by atoms with E-state index in [4.69, 9.17) is 0 Å². The van der Waals surface area contributed by atoms with Crippen molar-refractivity contribution in [3.63, 3.8) is 0 Å². The molecule has 1 saturated heterocycles. The van der Waals surface area contributed by atoms with Crippen molar-refractivity contribution < 1.29 is 0 Å². The molecule has 1 unspecified atom stereocenters. The number of nitrogens with zero attached hydrogens (tertiary/aromatic N) is 5. The van der Waals surface area contributed by atoms with Crippen molar-refractivity contribution in [1.82, 2.24) is 30.4 Å². The monoisotopic (exact) mass is 258 g/mol. The molecule has 0 radical (unpaired) electrons. The molecule has 0 aromatic carbocycles. The van der Waals surface area contributed by atoms with E-state index in [1.165, 1.54) is 19.3 Å². The van der Waals surface area contributed by atoms with Crippen molar-refractivity contribution in [2.75, 3.05) is 20.1 Å². The van der Waals surface area contributed by atoms with Crippen LogP contribution in [-0.2, 0) is 6.54 Å². The molecule has 0 amide bonds. The molecule has 1 N–H and O–H groups in total. The van der Waals surface area contributed by atoms with Crippen molar-refractivity contribution >= 4 is 12.4 Å². The van der Waals surface area contributed by atoms with Gasteiger partial charge in [-0.2, -0.15) is 0 Å². The maximum absolute atomic E-state index is 4.13. The minimum absolute atomic E-state index is 0. The van der Waals surface area contributed by atoms with Crippen LogP contribution in [0.4, 0.5) is 0 Å². The highest BCUT2D eigenvalue weighted by Crippen LogP contribution is 2.34. The fourth-order valence-electron chi connectivity index (χ4n) is 2.33. The van der Waals surface area contributed by atoms with Gasteiger partial charge in [0, 0.05) is 19.1 Å². The van der Waals surface area contributed by atoms with Crippen molar-refractivity contribution in [2.45, 2.75) is 37.9 Å². The van der Waals surface area contributed by atoms with Crippen LogP contribution in [0.2, 0.25) is 0 Å². The minimum Gasteiger partial charge on any atom is -0.316 e. The Morgan fingerprint density at radius 1 is 1.35 bits per heavy atom. The molecule has 96 valence electrons. The van der Waals surface area contributed by atoms with Gasteiger partial charge in [-0.1, -0.05) is 0 Å². The van der Waals surface area contributed by atoms with E-state index in [2.05, 4.69) is 25.7 Å². The molecule has 1 aliphatic carbocycles. The first kappa shape index (κ1) is 12.7. The molecular formula is C10H19ClN6. The fraction of sp³-hybridized carbons (Fsp3) is 0.900. The number of halogens is 1. The maximum Gasteiger partial charge on any atom is 0.165 e. The highest BCUT2D eigenvalue weighted by molar-refractivity contribution is 5.85. The number of aromatic nitrogens is 4. The largest absolute Gasteiger partial charge is 0.316 e. The van der Waals surface area contributed by atoms with Crippen LogP contribution in [0.1, 0.15) is 31.1 Å². The average molecular weight is 259 g/mol. The summed E-state index contributed by atoms with van der Waals surface area (Å²) in [5.74, 6) is 1.03. The van der Waals surface area contributed by atoms with Gasteiger partial charge in [0.15, 0.2) is 5.82 Å². The van der Waals surface area contributed by atoms with E-state index in [-0.39, 0.29) is 12.4 Å². The molecule has 1 aliphatic heterocycles. The molecule has 17 heavy (non-hydrogen) atoms. The van der Waals surface area contributed by atoms with Crippen LogP contribution in [0.15, 0.2) is 0 Å². The van der Waals surface area contributed by atoms with Crippen molar-refractivity contribution in [3.05, 3.63) is 5.82 Å². The SMILES string of the molecule is CNC1CCN(Cc2nnnn2C2CC2)C1.Cl. The van der Waals surface area contributed by atoms with E-state index in [0.29, 0.717) is 12.1 Å². The van der Waals surface area contributed by atoms with Crippen LogP contribution >= 0.6 is 12.4 Å². The van der Waals surface area contributed by atoms with Crippen molar-refractivity contribution in [2.24, 2.45) is 0 Å². The molecule has 0 bridgehead atoms. The van der Waals surface area contributed by atoms with Gasteiger partial charge in [-0.15, -0.1) is 17.5 Å². The Bertz CT molecular complexity index is 363. The lowest BCUT2D eigenvalue weighted by atomic mass is 10.3. The second-order valence-electron chi connectivity index (χ2n) is 4.78. The summed E-state index contributed by atoms with van der Waals surface area (Å²) in [6.45, 7) is 3.14. The summed E-state index contributed by atoms with van der Waals surface area (Å²) in [7, 11) is 2.03. The van der Waals surface area contributed by atoms with Crippen molar-refractivity contribution in [3.8, 4) is 0 Å². The van der Waals surface area contributed by atoms with E-state index in [1.54, 1.807) is 0 Å². The van der Waals surface area contributed by atoms with Crippen molar-refractivity contribution in [1.29, 1.82) is 0 Å². The average Bonchev–Trinajstić information content (AvgIpc) is 2.88. The van der Waals surface area contributed by atoms with E-state index in [9.17, 15) is 0 Å². The zero-order valence-corrected chi connectivity index (χ0v) is 10.9. The molecular weight excluding hydrogens is 240 g/mol. The predicted molar refractivity (Wildman–Crippen MR) is 66.1 cm³/mol. The Kier molecular flexibility index (Phi) is 3.96. The van der Waals surface area contributed by atoms with Crippen LogP contribution in [0, 0.1) is 0 Å². The van der Waals surface area contributed by atoms with Gasteiger partial charge in [-0.25, -0.2) is 4.68 Å². The van der Waals surface area contributed by atoms with Crippen LogP contribution in [0.3, 0.4) is 0 Å². The molecule has 0 spiro atoms. The Morgan fingerprint density at radius 3 is 2.82 bits per heavy atom. The Labute approximate surface area is 107 Å². The summed E-state index contributed by atoms with van der Waals surface area (Å²) in [6.07, 6.45) is 3.69. The normalized spacial score (nSPS) is 24.9. The number of likely N-dealkylation sites (tertiary alicyclic amines) is 1. The quantitative estimate of drug-likeness (QED) is 0.838. The second kappa shape index (κ2) is 5.29. The zero-order chi connectivity index (χ0) is 11.0. The number of rotatable bonds is 4. The van der Waals surface area contributed by atoms with Crippen LogP contribution < -0.4 is 5.32 Å². The molecule has 2 aliphatic rings. The smallest absolute Gasteiger partial charge is 0.165 e. The summed E-state index contributed by atoms with van der Waals surface area (Å²) in [4.78, 5) is 2.42. The molecule has 1 aromatic heterocycles. The summed E-state index contributed by atoms with van der Waals surface area (Å²) < 4.78 is 2.01. The van der Waals surface area contributed by atoms with Crippen LogP contribution in [0.5, 0.6) is 0 Å². The van der Waals surface area contributed by atoms with Gasteiger partial charge in [-0.05, 0) is 36.7 Å². The first-order valence-electron chi connectivity index (χ1n) is 6.03. The molecule has 2 heterocycles. The third kappa shape index (κ3) is 2.75. The molecule has 1 aromatic rings. The molecule has 2 fully saturated rings. The van der Waals surface area contributed by atoms with Crippen LogP contribution in [-0.4, -0.2) is 51.3 Å². The first-order chi connectivity index (χ1) is 7.86. The summed E-state index contributed by atoms with van der Waals surface area (Å²) in [5.41, 5.74) is 0.